The molecule has 1 amide bonds. The first-order chi connectivity index (χ1) is 11.5. The van der Waals surface area contributed by atoms with Crippen LogP contribution >= 0.6 is 0 Å². The third-order valence-corrected chi connectivity index (χ3v) is 4.53. The summed E-state index contributed by atoms with van der Waals surface area (Å²) in [6.45, 7) is 9.75. The van der Waals surface area contributed by atoms with Crippen molar-refractivity contribution in [3.05, 3.63) is 47.3 Å². The van der Waals surface area contributed by atoms with Crippen LogP contribution in [0.2, 0.25) is 0 Å². The molecule has 126 valence electrons. The second-order valence-corrected chi connectivity index (χ2v) is 6.22. The maximum absolute atomic E-state index is 13.1. The number of benzene rings is 1. The van der Waals surface area contributed by atoms with Gasteiger partial charge in [0.25, 0.3) is 5.91 Å². The van der Waals surface area contributed by atoms with Crippen molar-refractivity contribution in [2.45, 2.75) is 40.2 Å². The van der Waals surface area contributed by atoms with Crippen LogP contribution in [-0.2, 0) is 6.42 Å². The second kappa shape index (κ2) is 6.59. The molecule has 0 aliphatic carbocycles. The number of aryl methyl sites for hydroxylation is 1. The number of hydrogen-bond acceptors (Lipinski definition) is 4. The Morgan fingerprint density at radius 1 is 1.25 bits per heavy atom. The Labute approximate surface area is 143 Å². The molecule has 1 aromatic carbocycles. The maximum atomic E-state index is 13.1. The van der Waals surface area contributed by atoms with E-state index in [1.807, 2.05) is 30.0 Å². The molecule has 0 fully saturated rings. The molecule has 3 rings (SSSR count). The molecule has 2 heterocycles. The SMILES string of the molecule is CCN(CC)c1nc(C)cc(C(=O)N2c3ccccc3CC2C)n1. The predicted molar refractivity (Wildman–Crippen MR) is 96.7 cm³/mol. The van der Waals surface area contributed by atoms with Gasteiger partial charge >= 0.3 is 0 Å². The fourth-order valence-electron chi connectivity index (χ4n) is 3.31. The third-order valence-electron chi connectivity index (χ3n) is 4.53. The van der Waals surface area contributed by atoms with Crippen LogP contribution < -0.4 is 9.80 Å². The van der Waals surface area contributed by atoms with Gasteiger partial charge in [-0.2, -0.15) is 0 Å². The standard InChI is InChI=1S/C19H24N4O/c1-5-22(6-2)19-20-13(3)11-16(21-19)18(24)23-14(4)12-15-9-7-8-10-17(15)23/h7-11,14H,5-6,12H2,1-4H3. The largest absolute Gasteiger partial charge is 0.341 e. The summed E-state index contributed by atoms with van der Waals surface area (Å²) in [7, 11) is 0. The van der Waals surface area contributed by atoms with E-state index in [0.29, 0.717) is 11.6 Å². The molecule has 0 radical (unpaired) electrons. The number of fused-ring (bicyclic) bond motifs is 1. The van der Waals surface area contributed by atoms with Crippen LogP contribution in [0, 0.1) is 6.92 Å². The molecule has 0 bridgehead atoms. The highest BCUT2D eigenvalue weighted by Crippen LogP contribution is 2.33. The van der Waals surface area contributed by atoms with E-state index in [0.717, 1.165) is 30.9 Å². The molecule has 5 heteroatoms. The van der Waals surface area contributed by atoms with E-state index in [1.54, 1.807) is 6.07 Å². The lowest BCUT2D eigenvalue weighted by Gasteiger charge is -2.24. The van der Waals surface area contributed by atoms with Crippen molar-refractivity contribution in [2.75, 3.05) is 22.9 Å². The average Bonchev–Trinajstić information content (AvgIpc) is 2.90. The monoisotopic (exact) mass is 324 g/mol. The van der Waals surface area contributed by atoms with Crippen molar-refractivity contribution in [1.29, 1.82) is 0 Å². The maximum Gasteiger partial charge on any atom is 0.277 e. The highest BCUT2D eigenvalue weighted by molar-refractivity contribution is 6.06. The van der Waals surface area contributed by atoms with Crippen LogP contribution in [0.25, 0.3) is 0 Å². The van der Waals surface area contributed by atoms with Crippen molar-refractivity contribution in [1.82, 2.24) is 9.97 Å². The molecule has 1 aliphatic rings. The number of hydrogen-bond donors (Lipinski definition) is 0. The summed E-state index contributed by atoms with van der Waals surface area (Å²) in [5, 5.41) is 0. The molecule has 1 unspecified atom stereocenters. The fraction of sp³-hybridized carbons (Fsp3) is 0.421. The van der Waals surface area contributed by atoms with Crippen LogP contribution in [-0.4, -0.2) is 35.0 Å². The van der Waals surface area contributed by atoms with Crippen molar-refractivity contribution >= 4 is 17.5 Å². The number of carbonyl (C=O) groups is 1. The number of carbonyl (C=O) groups excluding carboxylic acids is 1. The van der Waals surface area contributed by atoms with Gasteiger partial charge in [0.15, 0.2) is 0 Å². The van der Waals surface area contributed by atoms with Gasteiger partial charge in [-0.05, 0) is 51.8 Å². The lowest BCUT2D eigenvalue weighted by molar-refractivity contribution is 0.0976. The lowest BCUT2D eigenvalue weighted by atomic mass is 10.1. The lowest BCUT2D eigenvalue weighted by Crippen LogP contribution is -2.36. The number of nitrogens with zero attached hydrogens (tertiary/aromatic N) is 4. The van der Waals surface area contributed by atoms with Gasteiger partial charge in [0.2, 0.25) is 5.95 Å². The Morgan fingerprint density at radius 3 is 2.67 bits per heavy atom. The molecule has 1 aromatic heterocycles. The zero-order chi connectivity index (χ0) is 17.3. The van der Waals surface area contributed by atoms with Crippen molar-refractivity contribution < 1.29 is 4.79 Å². The predicted octanol–water partition coefficient (Wildman–Crippen LogP) is 3.22. The van der Waals surface area contributed by atoms with Gasteiger partial charge in [-0.1, -0.05) is 18.2 Å². The first kappa shape index (κ1) is 16.4. The highest BCUT2D eigenvalue weighted by Gasteiger charge is 2.32. The van der Waals surface area contributed by atoms with E-state index in [4.69, 9.17) is 0 Å². The van der Waals surface area contributed by atoms with E-state index in [1.165, 1.54) is 5.56 Å². The Bertz CT molecular complexity index is 755. The summed E-state index contributed by atoms with van der Waals surface area (Å²) in [6, 6.07) is 10.0. The van der Waals surface area contributed by atoms with Gasteiger partial charge in [0, 0.05) is 30.5 Å². The van der Waals surface area contributed by atoms with Crippen LogP contribution in [0.15, 0.2) is 30.3 Å². The van der Waals surface area contributed by atoms with Crippen LogP contribution in [0.3, 0.4) is 0 Å². The van der Waals surface area contributed by atoms with Crippen molar-refractivity contribution in [2.24, 2.45) is 0 Å². The average molecular weight is 324 g/mol. The zero-order valence-corrected chi connectivity index (χ0v) is 14.8. The minimum atomic E-state index is -0.0497. The Morgan fingerprint density at radius 2 is 1.96 bits per heavy atom. The topological polar surface area (TPSA) is 49.3 Å². The zero-order valence-electron chi connectivity index (χ0n) is 14.8. The molecule has 24 heavy (non-hydrogen) atoms. The summed E-state index contributed by atoms with van der Waals surface area (Å²) in [6.07, 6.45) is 0.884. The van der Waals surface area contributed by atoms with Gasteiger partial charge in [-0.25, -0.2) is 9.97 Å². The molecule has 5 nitrogen and oxygen atoms in total. The molecule has 0 spiro atoms. The van der Waals surface area contributed by atoms with E-state index in [9.17, 15) is 4.79 Å². The number of amides is 1. The third kappa shape index (κ3) is 2.86. The van der Waals surface area contributed by atoms with Crippen molar-refractivity contribution in [3.63, 3.8) is 0 Å². The molecular formula is C19H24N4O. The van der Waals surface area contributed by atoms with Gasteiger partial charge in [-0.3, -0.25) is 4.79 Å². The van der Waals surface area contributed by atoms with Crippen LogP contribution in [0.5, 0.6) is 0 Å². The summed E-state index contributed by atoms with van der Waals surface area (Å²) in [5.74, 6) is 0.579. The van der Waals surface area contributed by atoms with Gasteiger partial charge < -0.3 is 9.80 Å². The van der Waals surface area contributed by atoms with Crippen LogP contribution in [0.1, 0.15) is 42.5 Å². The molecule has 2 aromatic rings. The number of aromatic nitrogens is 2. The van der Waals surface area contributed by atoms with E-state index in [-0.39, 0.29) is 11.9 Å². The summed E-state index contributed by atoms with van der Waals surface area (Å²) >= 11 is 0. The minimum absolute atomic E-state index is 0.0497. The number of anilines is 2. The molecule has 0 saturated carbocycles. The Kier molecular flexibility index (Phi) is 4.51. The Hall–Kier alpha value is -2.43. The molecular weight excluding hydrogens is 300 g/mol. The molecule has 1 atom stereocenters. The fourth-order valence-corrected chi connectivity index (χ4v) is 3.31. The van der Waals surface area contributed by atoms with Crippen molar-refractivity contribution in [3.8, 4) is 0 Å². The Balaban J connectivity index is 1.99. The second-order valence-electron chi connectivity index (χ2n) is 6.22. The summed E-state index contributed by atoms with van der Waals surface area (Å²) < 4.78 is 0. The molecule has 1 aliphatic heterocycles. The van der Waals surface area contributed by atoms with Crippen LogP contribution in [0.4, 0.5) is 11.6 Å². The minimum Gasteiger partial charge on any atom is -0.341 e. The van der Waals surface area contributed by atoms with E-state index >= 15 is 0 Å². The van der Waals surface area contributed by atoms with Gasteiger partial charge in [0.05, 0.1) is 0 Å². The molecule has 0 saturated heterocycles. The summed E-state index contributed by atoms with van der Waals surface area (Å²) in [4.78, 5) is 26.1. The quantitative estimate of drug-likeness (QED) is 0.866. The highest BCUT2D eigenvalue weighted by atomic mass is 16.2. The smallest absolute Gasteiger partial charge is 0.277 e. The van der Waals surface area contributed by atoms with Gasteiger partial charge in [0.1, 0.15) is 5.69 Å². The number of rotatable bonds is 4. The first-order valence-electron chi connectivity index (χ1n) is 8.57. The van der Waals surface area contributed by atoms with E-state index < -0.39 is 0 Å². The van der Waals surface area contributed by atoms with E-state index in [2.05, 4.69) is 41.7 Å². The first-order valence-corrected chi connectivity index (χ1v) is 8.57. The number of para-hydroxylation sites is 1. The summed E-state index contributed by atoms with van der Waals surface area (Å²) in [5.41, 5.74) is 3.49. The molecule has 0 N–H and O–H groups in total. The normalized spacial score (nSPS) is 16.2. The van der Waals surface area contributed by atoms with Gasteiger partial charge in [-0.15, -0.1) is 0 Å².